The lowest BCUT2D eigenvalue weighted by Gasteiger charge is -2.06. The number of carbonyl (C=O) groups is 1. The molecule has 0 aliphatic heterocycles. The van der Waals surface area contributed by atoms with E-state index in [1.807, 2.05) is 38.1 Å². The Labute approximate surface area is 128 Å². The van der Waals surface area contributed by atoms with E-state index in [2.05, 4.69) is 10.5 Å². The predicted octanol–water partition coefficient (Wildman–Crippen LogP) is 3.05. The van der Waals surface area contributed by atoms with Crippen molar-refractivity contribution in [2.45, 2.75) is 13.8 Å². The quantitative estimate of drug-likeness (QED) is 0.681. The summed E-state index contributed by atoms with van der Waals surface area (Å²) in [7, 11) is 0. The zero-order chi connectivity index (χ0) is 15.9. The minimum Gasteiger partial charge on any atom is -0.484 e. The van der Waals surface area contributed by atoms with Crippen LogP contribution < -0.4 is 10.2 Å². The Morgan fingerprint density at radius 2 is 1.77 bits per heavy atom. The first-order valence-electron chi connectivity index (χ1n) is 6.83. The van der Waals surface area contributed by atoms with Crippen LogP contribution in [-0.2, 0) is 4.79 Å². The fourth-order valence-electron chi connectivity index (χ4n) is 1.72. The zero-order valence-electron chi connectivity index (χ0n) is 12.5. The van der Waals surface area contributed by atoms with Gasteiger partial charge in [0.05, 0.1) is 5.71 Å². The number of carbonyl (C=O) groups excluding carboxylic acids is 1. The van der Waals surface area contributed by atoms with Crippen LogP contribution in [0.15, 0.2) is 53.6 Å². The van der Waals surface area contributed by atoms with Crippen molar-refractivity contribution >= 4 is 11.6 Å². The number of amides is 1. The number of hydrogen-bond acceptors (Lipinski definition) is 3. The topological polar surface area (TPSA) is 50.7 Å². The molecule has 0 bridgehead atoms. The third kappa shape index (κ3) is 4.70. The summed E-state index contributed by atoms with van der Waals surface area (Å²) in [5, 5.41) is 4.03. The maximum atomic E-state index is 12.7. The number of benzene rings is 2. The smallest absolute Gasteiger partial charge is 0.277 e. The largest absolute Gasteiger partial charge is 0.484 e. The van der Waals surface area contributed by atoms with E-state index in [9.17, 15) is 9.18 Å². The van der Waals surface area contributed by atoms with E-state index in [1.54, 1.807) is 0 Å². The van der Waals surface area contributed by atoms with Gasteiger partial charge in [0.1, 0.15) is 11.6 Å². The molecule has 0 fully saturated rings. The van der Waals surface area contributed by atoms with Crippen molar-refractivity contribution in [2.24, 2.45) is 5.10 Å². The second-order valence-corrected chi connectivity index (χ2v) is 4.84. The average molecular weight is 300 g/mol. The maximum Gasteiger partial charge on any atom is 0.277 e. The van der Waals surface area contributed by atoms with Crippen molar-refractivity contribution in [3.05, 3.63) is 65.5 Å². The highest BCUT2D eigenvalue weighted by atomic mass is 19.1. The highest BCUT2D eigenvalue weighted by Gasteiger charge is 2.03. The van der Waals surface area contributed by atoms with Crippen LogP contribution in [0.3, 0.4) is 0 Å². The summed E-state index contributed by atoms with van der Waals surface area (Å²) in [4.78, 5) is 11.7. The molecule has 22 heavy (non-hydrogen) atoms. The van der Waals surface area contributed by atoms with Crippen LogP contribution in [0.4, 0.5) is 4.39 Å². The number of ether oxygens (including phenoxy) is 1. The summed E-state index contributed by atoms with van der Waals surface area (Å²) < 4.78 is 18.0. The van der Waals surface area contributed by atoms with E-state index in [0.717, 1.165) is 11.1 Å². The van der Waals surface area contributed by atoms with Crippen LogP contribution in [0.1, 0.15) is 18.1 Å². The Kier molecular flexibility index (Phi) is 5.25. The minimum atomic E-state index is -0.379. The molecule has 0 aliphatic rings. The van der Waals surface area contributed by atoms with E-state index in [0.29, 0.717) is 11.5 Å². The molecular formula is C17H17FN2O2. The number of aryl methyl sites for hydroxylation is 1. The van der Waals surface area contributed by atoms with Gasteiger partial charge in [0, 0.05) is 0 Å². The summed E-state index contributed by atoms with van der Waals surface area (Å²) >= 11 is 0. The van der Waals surface area contributed by atoms with Gasteiger partial charge in [-0.1, -0.05) is 29.8 Å². The third-order valence-electron chi connectivity index (χ3n) is 3.00. The maximum absolute atomic E-state index is 12.7. The number of halogens is 1. The summed E-state index contributed by atoms with van der Waals surface area (Å²) in [6.07, 6.45) is 0. The van der Waals surface area contributed by atoms with Crippen molar-refractivity contribution in [2.75, 3.05) is 6.61 Å². The summed E-state index contributed by atoms with van der Waals surface area (Å²) in [6, 6.07) is 13.3. The molecule has 2 aromatic rings. The molecule has 1 amide bonds. The molecule has 0 aliphatic carbocycles. The van der Waals surface area contributed by atoms with Crippen LogP contribution in [-0.4, -0.2) is 18.2 Å². The van der Waals surface area contributed by atoms with Crippen molar-refractivity contribution in [3.8, 4) is 5.75 Å². The number of nitrogens with one attached hydrogen (secondary N) is 1. The summed E-state index contributed by atoms with van der Waals surface area (Å²) in [5.74, 6) is -0.304. The van der Waals surface area contributed by atoms with Gasteiger partial charge in [-0.05, 0) is 43.7 Å². The third-order valence-corrected chi connectivity index (χ3v) is 3.00. The van der Waals surface area contributed by atoms with Crippen molar-refractivity contribution in [3.63, 3.8) is 0 Å². The van der Waals surface area contributed by atoms with Crippen LogP contribution in [0.25, 0.3) is 0 Å². The molecule has 2 rings (SSSR count). The second kappa shape index (κ2) is 7.36. The molecule has 0 atom stereocenters. The van der Waals surface area contributed by atoms with Gasteiger partial charge < -0.3 is 4.74 Å². The van der Waals surface area contributed by atoms with Gasteiger partial charge in [-0.2, -0.15) is 5.10 Å². The fraction of sp³-hybridized carbons (Fsp3) is 0.176. The number of hydrogen-bond donors (Lipinski definition) is 1. The minimum absolute atomic E-state index is 0.184. The predicted molar refractivity (Wildman–Crippen MR) is 83.4 cm³/mol. The number of hydrazone groups is 1. The molecule has 114 valence electrons. The molecule has 0 spiro atoms. The highest BCUT2D eigenvalue weighted by Crippen LogP contribution is 2.10. The molecule has 0 saturated carbocycles. The Hall–Kier alpha value is -2.69. The van der Waals surface area contributed by atoms with Gasteiger partial charge in [-0.3, -0.25) is 4.79 Å². The molecule has 0 saturated heterocycles. The van der Waals surface area contributed by atoms with Gasteiger partial charge in [0.2, 0.25) is 0 Å². The van der Waals surface area contributed by atoms with Crippen molar-refractivity contribution in [1.82, 2.24) is 5.43 Å². The molecule has 0 radical (unpaired) electrons. The lowest BCUT2D eigenvalue weighted by atomic mass is 10.1. The van der Waals surface area contributed by atoms with E-state index in [4.69, 9.17) is 4.74 Å². The number of nitrogens with zero attached hydrogens (tertiary/aromatic N) is 1. The fourth-order valence-corrected chi connectivity index (χ4v) is 1.72. The van der Waals surface area contributed by atoms with E-state index < -0.39 is 0 Å². The Morgan fingerprint density at radius 1 is 1.14 bits per heavy atom. The highest BCUT2D eigenvalue weighted by molar-refractivity contribution is 5.99. The standard InChI is InChI=1S/C17H17FN2O2/c1-12-3-5-14(6-4-12)13(2)19-20-17(21)11-22-16-9-7-15(18)8-10-16/h3-10H,11H2,1-2H3,(H,20,21)/b19-13-. The van der Waals surface area contributed by atoms with Crippen LogP contribution in [0.5, 0.6) is 5.75 Å². The van der Waals surface area contributed by atoms with Crippen LogP contribution >= 0.6 is 0 Å². The molecule has 0 heterocycles. The molecule has 0 unspecified atom stereocenters. The number of rotatable bonds is 5. The van der Waals surface area contributed by atoms with E-state index in [-0.39, 0.29) is 18.3 Å². The molecular weight excluding hydrogens is 283 g/mol. The van der Waals surface area contributed by atoms with Crippen LogP contribution in [0, 0.1) is 12.7 Å². The average Bonchev–Trinajstić information content (AvgIpc) is 2.52. The normalized spacial score (nSPS) is 11.1. The monoisotopic (exact) mass is 300 g/mol. The molecule has 2 aromatic carbocycles. The zero-order valence-corrected chi connectivity index (χ0v) is 12.5. The Morgan fingerprint density at radius 3 is 2.41 bits per heavy atom. The van der Waals surface area contributed by atoms with Gasteiger partial charge in [-0.15, -0.1) is 0 Å². The first-order valence-corrected chi connectivity index (χ1v) is 6.83. The van der Waals surface area contributed by atoms with Crippen molar-refractivity contribution < 1.29 is 13.9 Å². The first kappa shape index (κ1) is 15.7. The van der Waals surface area contributed by atoms with Gasteiger partial charge >= 0.3 is 0 Å². The molecule has 4 nitrogen and oxygen atoms in total. The molecule has 0 aromatic heterocycles. The van der Waals surface area contributed by atoms with Gasteiger partial charge in [-0.25, -0.2) is 9.82 Å². The lowest BCUT2D eigenvalue weighted by Crippen LogP contribution is -2.25. The van der Waals surface area contributed by atoms with E-state index in [1.165, 1.54) is 24.3 Å². The summed E-state index contributed by atoms with van der Waals surface area (Å²) in [5.41, 5.74) is 5.23. The Bertz CT molecular complexity index is 664. The van der Waals surface area contributed by atoms with Gasteiger partial charge in [0.15, 0.2) is 6.61 Å². The first-order chi connectivity index (χ1) is 10.5. The summed E-state index contributed by atoms with van der Waals surface area (Å²) in [6.45, 7) is 3.63. The Balaban J connectivity index is 1.85. The molecule has 5 heteroatoms. The SMILES string of the molecule is C/C(=N/NC(=O)COc1ccc(F)cc1)c1ccc(C)cc1. The second-order valence-electron chi connectivity index (χ2n) is 4.84. The van der Waals surface area contributed by atoms with E-state index >= 15 is 0 Å². The lowest BCUT2D eigenvalue weighted by molar-refractivity contribution is -0.123. The van der Waals surface area contributed by atoms with Crippen LogP contribution in [0.2, 0.25) is 0 Å². The van der Waals surface area contributed by atoms with Crippen molar-refractivity contribution in [1.29, 1.82) is 0 Å². The molecule has 1 N–H and O–H groups in total. The van der Waals surface area contributed by atoms with Gasteiger partial charge in [0.25, 0.3) is 5.91 Å².